The average molecular weight is 456 g/mol. The molecule has 1 atom stereocenters. The van der Waals surface area contributed by atoms with E-state index >= 15 is 0 Å². The lowest BCUT2D eigenvalue weighted by molar-refractivity contribution is 0.137. The predicted molar refractivity (Wildman–Crippen MR) is 121 cm³/mol. The zero-order valence-corrected chi connectivity index (χ0v) is 18.5. The Morgan fingerprint density at radius 2 is 1.81 bits per heavy atom. The molecular formula is C23H25N3O5S. The Hall–Kier alpha value is -3.59. The summed E-state index contributed by atoms with van der Waals surface area (Å²) in [6, 6.07) is 17.1. The lowest BCUT2D eigenvalue weighted by atomic mass is 10.2. The number of thiazole rings is 1. The Balaban J connectivity index is 1.38. The first-order chi connectivity index (χ1) is 15.5. The fourth-order valence-corrected chi connectivity index (χ4v) is 3.60. The second-order valence-electron chi connectivity index (χ2n) is 6.97. The highest BCUT2D eigenvalue weighted by molar-refractivity contribution is 7.15. The van der Waals surface area contributed by atoms with Gasteiger partial charge in [0.25, 0.3) is 0 Å². The summed E-state index contributed by atoms with van der Waals surface area (Å²) in [4.78, 5) is 27.6. The van der Waals surface area contributed by atoms with Crippen LogP contribution in [0.4, 0.5) is 9.59 Å². The maximum Gasteiger partial charge on any atom is 0.407 e. The van der Waals surface area contributed by atoms with Gasteiger partial charge >= 0.3 is 12.2 Å². The molecule has 0 radical (unpaired) electrons. The van der Waals surface area contributed by atoms with E-state index in [2.05, 4.69) is 10.3 Å². The van der Waals surface area contributed by atoms with Crippen LogP contribution in [0.1, 0.15) is 23.8 Å². The maximum absolute atomic E-state index is 11.8. The molecule has 32 heavy (non-hydrogen) atoms. The molecule has 1 aromatic heterocycles. The monoisotopic (exact) mass is 455 g/mol. The number of alkyl carbamates (subject to hydrolysis) is 1. The molecule has 3 aromatic rings. The van der Waals surface area contributed by atoms with Gasteiger partial charge in [-0.25, -0.2) is 14.6 Å². The van der Waals surface area contributed by atoms with Crippen molar-refractivity contribution >= 4 is 23.5 Å². The number of carbonyl (C=O) groups excluding carboxylic acids is 2. The number of primary amides is 1. The maximum atomic E-state index is 11.8. The molecule has 9 heteroatoms. The summed E-state index contributed by atoms with van der Waals surface area (Å²) in [5.74, 6) is 0.724. The van der Waals surface area contributed by atoms with Gasteiger partial charge in [0.1, 0.15) is 24.0 Å². The number of hydrogen-bond donors (Lipinski definition) is 2. The first-order valence-corrected chi connectivity index (χ1v) is 10.9. The number of nitrogens with two attached hydrogens (primary N) is 1. The molecule has 3 N–H and O–H groups in total. The van der Waals surface area contributed by atoms with E-state index < -0.39 is 12.2 Å². The number of amides is 2. The number of benzene rings is 2. The molecule has 0 saturated heterocycles. The minimum absolute atomic E-state index is 0.0901. The summed E-state index contributed by atoms with van der Waals surface area (Å²) >= 11 is 1.43. The van der Waals surface area contributed by atoms with E-state index in [4.69, 9.17) is 19.9 Å². The number of hydrogen-bond acceptors (Lipinski definition) is 7. The molecule has 168 valence electrons. The Morgan fingerprint density at radius 3 is 2.53 bits per heavy atom. The summed E-state index contributed by atoms with van der Waals surface area (Å²) in [6.45, 7) is 2.74. The molecule has 0 aliphatic rings. The summed E-state index contributed by atoms with van der Waals surface area (Å²) in [5.41, 5.74) is 6.85. The summed E-state index contributed by atoms with van der Waals surface area (Å²) in [5, 5.41) is 3.54. The molecule has 8 nitrogen and oxygen atoms in total. The van der Waals surface area contributed by atoms with E-state index in [1.54, 1.807) is 6.20 Å². The van der Waals surface area contributed by atoms with Crippen molar-refractivity contribution in [3.8, 4) is 16.3 Å². The Morgan fingerprint density at radius 1 is 1.06 bits per heavy atom. The summed E-state index contributed by atoms with van der Waals surface area (Å²) in [7, 11) is 0. The fourth-order valence-electron chi connectivity index (χ4n) is 2.77. The first kappa shape index (κ1) is 23.1. The fraction of sp³-hybridized carbons (Fsp3) is 0.261. The highest BCUT2D eigenvalue weighted by Crippen LogP contribution is 2.27. The number of nitrogens with one attached hydrogen (secondary N) is 1. The Labute approximate surface area is 190 Å². The van der Waals surface area contributed by atoms with Gasteiger partial charge in [-0.15, -0.1) is 11.3 Å². The van der Waals surface area contributed by atoms with Crippen molar-refractivity contribution in [3.63, 3.8) is 0 Å². The van der Waals surface area contributed by atoms with Crippen LogP contribution < -0.4 is 15.8 Å². The standard InChI is InChI=1S/C23H25N3O5S/c1-16(11-12-25-23(28)30-14-17-5-3-2-4-6-17)31-19-9-7-18(8-10-19)21-26-13-20(32-21)15-29-22(24)27/h2-10,13,16H,11-12,14-15H2,1H3,(H2,24,27)(H,25,28). The van der Waals surface area contributed by atoms with Crippen molar-refractivity contribution in [1.82, 2.24) is 10.3 Å². The van der Waals surface area contributed by atoms with E-state index in [-0.39, 0.29) is 19.3 Å². The number of carbonyl (C=O) groups is 2. The van der Waals surface area contributed by atoms with Gasteiger partial charge in [-0.3, -0.25) is 0 Å². The van der Waals surface area contributed by atoms with Gasteiger partial charge in [0, 0.05) is 24.7 Å². The molecule has 2 amide bonds. The number of aromatic nitrogens is 1. The number of rotatable bonds is 10. The smallest absolute Gasteiger partial charge is 0.407 e. The van der Waals surface area contributed by atoms with E-state index in [0.29, 0.717) is 13.0 Å². The van der Waals surface area contributed by atoms with Gasteiger partial charge in [-0.1, -0.05) is 30.3 Å². The van der Waals surface area contributed by atoms with Crippen LogP contribution in [0.2, 0.25) is 0 Å². The summed E-state index contributed by atoms with van der Waals surface area (Å²) in [6.07, 6.45) is 0.947. The van der Waals surface area contributed by atoms with Crippen molar-refractivity contribution in [2.45, 2.75) is 32.7 Å². The molecule has 3 rings (SSSR count). The third-order valence-corrected chi connectivity index (χ3v) is 5.40. The quantitative estimate of drug-likeness (QED) is 0.466. The van der Waals surface area contributed by atoms with Crippen LogP contribution in [0.5, 0.6) is 5.75 Å². The molecule has 0 bridgehead atoms. The number of nitrogens with zero attached hydrogens (tertiary/aromatic N) is 1. The molecule has 0 aliphatic carbocycles. The lowest BCUT2D eigenvalue weighted by Crippen LogP contribution is -2.28. The second-order valence-corrected chi connectivity index (χ2v) is 8.08. The van der Waals surface area contributed by atoms with Gasteiger partial charge in [-0.05, 0) is 36.8 Å². The third-order valence-electron chi connectivity index (χ3n) is 4.38. The lowest BCUT2D eigenvalue weighted by Gasteiger charge is -2.15. The highest BCUT2D eigenvalue weighted by Gasteiger charge is 2.09. The largest absolute Gasteiger partial charge is 0.491 e. The van der Waals surface area contributed by atoms with Crippen molar-refractivity contribution < 1.29 is 23.8 Å². The molecule has 2 aromatic carbocycles. The molecule has 0 fully saturated rings. The molecule has 0 aliphatic heterocycles. The Bertz CT molecular complexity index is 1010. The van der Waals surface area contributed by atoms with Crippen molar-refractivity contribution in [2.24, 2.45) is 5.73 Å². The number of ether oxygens (including phenoxy) is 3. The van der Waals surface area contributed by atoms with Crippen LogP contribution in [0.3, 0.4) is 0 Å². The van der Waals surface area contributed by atoms with E-state index in [9.17, 15) is 9.59 Å². The summed E-state index contributed by atoms with van der Waals surface area (Å²) < 4.78 is 15.9. The van der Waals surface area contributed by atoms with E-state index in [0.717, 1.165) is 26.8 Å². The van der Waals surface area contributed by atoms with Crippen molar-refractivity contribution in [2.75, 3.05) is 6.54 Å². The van der Waals surface area contributed by atoms with Crippen LogP contribution in [-0.4, -0.2) is 29.8 Å². The Kier molecular flexibility index (Phi) is 8.44. The average Bonchev–Trinajstić information content (AvgIpc) is 3.27. The zero-order valence-electron chi connectivity index (χ0n) is 17.7. The normalized spacial score (nSPS) is 11.4. The topological polar surface area (TPSA) is 113 Å². The molecule has 0 spiro atoms. The third kappa shape index (κ3) is 7.59. The molecule has 1 heterocycles. The van der Waals surface area contributed by atoms with Crippen molar-refractivity contribution in [1.29, 1.82) is 0 Å². The molecular weight excluding hydrogens is 430 g/mol. The van der Waals surface area contributed by atoms with Gasteiger partial charge in [0.2, 0.25) is 0 Å². The van der Waals surface area contributed by atoms with Gasteiger partial charge in [-0.2, -0.15) is 0 Å². The van der Waals surface area contributed by atoms with Crippen LogP contribution in [-0.2, 0) is 22.7 Å². The van der Waals surface area contributed by atoms with E-state index in [1.165, 1.54) is 11.3 Å². The zero-order chi connectivity index (χ0) is 22.8. The predicted octanol–water partition coefficient (Wildman–Crippen LogP) is 4.49. The minimum atomic E-state index is -0.810. The first-order valence-electron chi connectivity index (χ1n) is 10.1. The molecule has 0 saturated carbocycles. The van der Waals surface area contributed by atoms with Crippen LogP contribution in [0.15, 0.2) is 60.8 Å². The van der Waals surface area contributed by atoms with Gasteiger partial charge < -0.3 is 25.3 Å². The SMILES string of the molecule is CC(CCNC(=O)OCc1ccccc1)Oc1ccc(-c2ncc(COC(N)=O)s2)cc1. The van der Waals surface area contributed by atoms with Crippen LogP contribution in [0.25, 0.3) is 10.6 Å². The second kappa shape index (κ2) is 11.7. The van der Waals surface area contributed by atoms with Gasteiger partial charge in [0.05, 0.1) is 11.0 Å². The van der Waals surface area contributed by atoms with Crippen LogP contribution >= 0.6 is 11.3 Å². The van der Waals surface area contributed by atoms with Gasteiger partial charge in [0.15, 0.2) is 0 Å². The minimum Gasteiger partial charge on any atom is -0.491 e. The molecule has 1 unspecified atom stereocenters. The van der Waals surface area contributed by atoms with Crippen LogP contribution in [0, 0.1) is 0 Å². The van der Waals surface area contributed by atoms with Crippen molar-refractivity contribution in [3.05, 3.63) is 71.2 Å². The highest BCUT2D eigenvalue weighted by atomic mass is 32.1. The van der Waals surface area contributed by atoms with E-state index in [1.807, 2.05) is 61.5 Å².